The molecule has 2 aromatic carbocycles. The number of nitrogens with one attached hydrogen (secondary N) is 1. The van der Waals surface area contributed by atoms with Gasteiger partial charge >= 0.3 is 0 Å². The van der Waals surface area contributed by atoms with Crippen molar-refractivity contribution < 1.29 is 14.3 Å². The standard InChI is InChI=1S/C20H22N2O3S/c1-25-16-7-3-14(4-8-16)11-12-22-19(23)13-18(20(22)24)21-15-5-9-17(26-2)10-6-15/h3-10,18,21H,11-13H2,1-2H3/t18-/m0/s1. The van der Waals surface area contributed by atoms with Crippen molar-refractivity contribution in [3.8, 4) is 5.75 Å². The normalized spacial score (nSPS) is 16.8. The molecule has 136 valence electrons. The van der Waals surface area contributed by atoms with E-state index < -0.39 is 6.04 Å². The molecule has 1 aliphatic rings. The molecule has 1 fully saturated rings. The molecule has 2 aromatic rings. The average Bonchev–Trinajstić information content (AvgIpc) is 2.94. The number of nitrogens with zero attached hydrogens (tertiary/aromatic N) is 1. The van der Waals surface area contributed by atoms with Gasteiger partial charge in [0.05, 0.1) is 13.5 Å². The van der Waals surface area contributed by atoms with Gasteiger partial charge in [-0.05, 0) is 54.6 Å². The number of hydrogen-bond donors (Lipinski definition) is 1. The van der Waals surface area contributed by atoms with Crippen LogP contribution in [0, 0.1) is 0 Å². The number of amides is 2. The third-order valence-corrected chi connectivity index (χ3v) is 5.20. The molecule has 1 aliphatic heterocycles. The lowest BCUT2D eigenvalue weighted by Crippen LogP contribution is -2.36. The minimum absolute atomic E-state index is 0.123. The van der Waals surface area contributed by atoms with Crippen molar-refractivity contribution in [2.45, 2.75) is 23.8 Å². The fraction of sp³-hybridized carbons (Fsp3) is 0.300. The van der Waals surface area contributed by atoms with Gasteiger partial charge in [0.2, 0.25) is 5.91 Å². The molecule has 2 amide bonds. The van der Waals surface area contributed by atoms with Gasteiger partial charge in [-0.15, -0.1) is 11.8 Å². The molecule has 3 rings (SSSR count). The highest BCUT2D eigenvalue weighted by atomic mass is 32.2. The second-order valence-electron chi connectivity index (χ2n) is 6.11. The van der Waals surface area contributed by atoms with Crippen molar-refractivity contribution in [1.82, 2.24) is 4.90 Å². The Morgan fingerprint density at radius 1 is 1.12 bits per heavy atom. The summed E-state index contributed by atoms with van der Waals surface area (Å²) >= 11 is 1.66. The lowest BCUT2D eigenvalue weighted by molar-refractivity contribution is -0.138. The van der Waals surface area contributed by atoms with Crippen LogP contribution in [0.25, 0.3) is 0 Å². The molecule has 0 saturated carbocycles. The summed E-state index contributed by atoms with van der Waals surface area (Å²) in [5.74, 6) is 0.512. The number of carbonyl (C=O) groups is 2. The Morgan fingerprint density at radius 2 is 1.81 bits per heavy atom. The molecule has 1 saturated heterocycles. The van der Waals surface area contributed by atoms with Crippen molar-refractivity contribution in [1.29, 1.82) is 0 Å². The third kappa shape index (κ3) is 4.19. The molecule has 1 atom stereocenters. The topological polar surface area (TPSA) is 58.6 Å². The van der Waals surface area contributed by atoms with E-state index in [4.69, 9.17) is 4.74 Å². The summed E-state index contributed by atoms with van der Waals surface area (Å²) in [4.78, 5) is 27.3. The van der Waals surface area contributed by atoms with Crippen LogP contribution >= 0.6 is 11.8 Å². The lowest BCUT2D eigenvalue weighted by atomic mass is 10.1. The predicted molar refractivity (Wildman–Crippen MR) is 104 cm³/mol. The Kier molecular flexibility index (Phi) is 5.83. The Balaban J connectivity index is 1.58. The zero-order valence-corrected chi connectivity index (χ0v) is 15.7. The van der Waals surface area contributed by atoms with E-state index >= 15 is 0 Å². The molecule has 0 bridgehead atoms. The first kappa shape index (κ1) is 18.3. The van der Waals surface area contributed by atoms with Crippen molar-refractivity contribution in [3.05, 3.63) is 54.1 Å². The third-order valence-electron chi connectivity index (χ3n) is 4.46. The zero-order valence-electron chi connectivity index (χ0n) is 14.9. The fourth-order valence-electron chi connectivity index (χ4n) is 2.95. The zero-order chi connectivity index (χ0) is 18.5. The SMILES string of the molecule is COc1ccc(CCN2C(=O)C[C@H](Nc3ccc(SC)cc3)C2=O)cc1. The molecular formula is C20H22N2O3S. The first-order chi connectivity index (χ1) is 12.6. The van der Waals surface area contributed by atoms with Crippen LogP contribution in [0.3, 0.4) is 0 Å². The van der Waals surface area contributed by atoms with E-state index in [-0.39, 0.29) is 18.2 Å². The van der Waals surface area contributed by atoms with Gasteiger partial charge in [0.15, 0.2) is 0 Å². The minimum atomic E-state index is -0.488. The van der Waals surface area contributed by atoms with Gasteiger partial charge in [-0.25, -0.2) is 0 Å². The first-order valence-electron chi connectivity index (χ1n) is 8.48. The molecule has 6 heteroatoms. The van der Waals surface area contributed by atoms with Crippen molar-refractivity contribution >= 4 is 29.3 Å². The number of carbonyl (C=O) groups excluding carboxylic acids is 2. The molecule has 5 nitrogen and oxygen atoms in total. The van der Waals surface area contributed by atoms with E-state index in [1.54, 1.807) is 18.9 Å². The molecule has 0 unspecified atom stereocenters. The number of hydrogen-bond acceptors (Lipinski definition) is 5. The van der Waals surface area contributed by atoms with E-state index in [2.05, 4.69) is 5.32 Å². The van der Waals surface area contributed by atoms with Crippen LogP contribution in [-0.4, -0.2) is 42.7 Å². The van der Waals surface area contributed by atoms with Crippen LogP contribution in [0.5, 0.6) is 5.75 Å². The van der Waals surface area contributed by atoms with E-state index in [1.165, 1.54) is 4.90 Å². The van der Waals surface area contributed by atoms with Crippen molar-refractivity contribution in [3.63, 3.8) is 0 Å². The van der Waals surface area contributed by atoms with Crippen LogP contribution in [0.4, 0.5) is 5.69 Å². The highest BCUT2D eigenvalue weighted by Crippen LogP contribution is 2.22. The molecule has 0 aromatic heterocycles. The number of rotatable bonds is 7. The van der Waals surface area contributed by atoms with Crippen LogP contribution in [0.2, 0.25) is 0 Å². The molecule has 1 N–H and O–H groups in total. The largest absolute Gasteiger partial charge is 0.497 e. The number of benzene rings is 2. The van der Waals surface area contributed by atoms with Crippen LogP contribution in [0.1, 0.15) is 12.0 Å². The van der Waals surface area contributed by atoms with E-state index in [9.17, 15) is 9.59 Å². The quantitative estimate of drug-likeness (QED) is 0.599. The Morgan fingerprint density at radius 3 is 2.42 bits per heavy atom. The highest BCUT2D eigenvalue weighted by molar-refractivity contribution is 7.98. The van der Waals surface area contributed by atoms with Gasteiger partial charge < -0.3 is 10.1 Å². The minimum Gasteiger partial charge on any atom is -0.497 e. The number of imide groups is 1. The van der Waals surface area contributed by atoms with Gasteiger partial charge in [0.25, 0.3) is 5.91 Å². The summed E-state index contributed by atoms with van der Waals surface area (Å²) < 4.78 is 5.14. The maximum absolute atomic E-state index is 12.6. The first-order valence-corrected chi connectivity index (χ1v) is 9.71. The summed E-state index contributed by atoms with van der Waals surface area (Å²) in [5, 5.41) is 3.18. The van der Waals surface area contributed by atoms with E-state index in [0.29, 0.717) is 13.0 Å². The van der Waals surface area contributed by atoms with Gasteiger partial charge in [-0.1, -0.05) is 12.1 Å². The molecule has 0 radical (unpaired) electrons. The average molecular weight is 370 g/mol. The molecular weight excluding hydrogens is 348 g/mol. The van der Waals surface area contributed by atoms with Crippen molar-refractivity contribution in [2.24, 2.45) is 0 Å². The Bertz CT molecular complexity index is 775. The predicted octanol–water partition coefficient (Wildman–Crippen LogP) is 3.20. The number of thioether (sulfide) groups is 1. The number of likely N-dealkylation sites (tertiary alicyclic amines) is 1. The second kappa shape index (κ2) is 8.27. The number of ether oxygens (including phenoxy) is 1. The van der Waals surface area contributed by atoms with E-state index in [1.807, 2.05) is 54.8 Å². The maximum atomic E-state index is 12.6. The van der Waals surface area contributed by atoms with Crippen LogP contribution < -0.4 is 10.1 Å². The monoisotopic (exact) mass is 370 g/mol. The summed E-state index contributed by atoms with van der Waals surface area (Å²) in [5.41, 5.74) is 1.92. The molecule has 26 heavy (non-hydrogen) atoms. The van der Waals surface area contributed by atoms with Gasteiger partial charge in [0, 0.05) is 17.1 Å². The van der Waals surface area contributed by atoms with Gasteiger partial charge in [-0.2, -0.15) is 0 Å². The number of methoxy groups -OCH3 is 1. The Hall–Kier alpha value is -2.47. The summed E-state index contributed by atoms with van der Waals surface area (Å²) in [6.07, 6.45) is 2.85. The molecule has 0 spiro atoms. The second-order valence-corrected chi connectivity index (χ2v) is 6.99. The van der Waals surface area contributed by atoms with Gasteiger partial charge in [-0.3, -0.25) is 14.5 Å². The molecule has 0 aliphatic carbocycles. The maximum Gasteiger partial charge on any atom is 0.252 e. The Labute approximate surface area is 157 Å². The summed E-state index contributed by atoms with van der Waals surface area (Å²) in [6.45, 7) is 0.396. The smallest absolute Gasteiger partial charge is 0.252 e. The van der Waals surface area contributed by atoms with Crippen LogP contribution in [-0.2, 0) is 16.0 Å². The highest BCUT2D eigenvalue weighted by Gasteiger charge is 2.38. The van der Waals surface area contributed by atoms with E-state index in [0.717, 1.165) is 21.9 Å². The molecule has 1 heterocycles. The van der Waals surface area contributed by atoms with Crippen molar-refractivity contribution in [2.75, 3.05) is 25.2 Å². The number of anilines is 1. The van der Waals surface area contributed by atoms with Crippen LogP contribution in [0.15, 0.2) is 53.4 Å². The fourth-order valence-corrected chi connectivity index (χ4v) is 3.36. The van der Waals surface area contributed by atoms with Gasteiger partial charge in [0.1, 0.15) is 11.8 Å². The summed E-state index contributed by atoms with van der Waals surface area (Å²) in [6, 6.07) is 15.0. The lowest BCUT2D eigenvalue weighted by Gasteiger charge is -2.16. The summed E-state index contributed by atoms with van der Waals surface area (Å²) in [7, 11) is 1.62.